The van der Waals surface area contributed by atoms with Crippen molar-refractivity contribution in [1.29, 1.82) is 0 Å². The van der Waals surface area contributed by atoms with E-state index in [0.717, 1.165) is 13.0 Å². The van der Waals surface area contributed by atoms with E-state index in [1.54, 1.807) is 23.8 Å². The van der Waals surface area contributed by atoms with Gasteiger partial charge < -0.3 is 20.2 Å². The van der Waals surface area contributed by atoms with Crippen molar-refractivity contribution < 1.29 is 14.7 Å². The average Bonchev–Trinajstić information content (AvgIpc) is 2.28. The summed E-state index contributed by atoms with van der Waals surface area (Å²) in [4.78, 5) is 26.0. The first-order chi connectivity index (χ1) is 8.43. The van der Waals surface area contributed by atoms with Crippen LogP contribution in [0.3, 0.4) is 0 Å². The molecule has 0 aliphatic heterocycles. The highest BCUT2D eigenvalue weighted by atomic mass is 16.4. The number of urea groups is 1. The summed E-state index contributed by atoms with van der Waals surface area (Å²) in [5.74, 6) is -0.883. The number of hydrogen-bond donors (Lipinski definition) is 2. The number of carboxylic acids is 1. The molecule has 0 aromatic heterocycles. The predicted octanol–water partition coefficient (Wildman–Crippen LogP) is 0.833. The first kappa shape index (κ1) is 16.7. The maximum absolute atomic E-state index is 12.1. The smallest absolute Gasteiger partial charge is 0.319 e. The number of nitrogens with zero attached hydrogens (tertiary/aromatic N) is 2. The van der Waals surface area contributed by atoms with Gasteiger partial charge in [0.05, 0.1) is 6.42 Å². The maximum atomic E-state index is 12.1. The molecule has 0 radical (unpaired) electrons. The van der Waals surface area contributed by atoms with Gasteiger partial charge in [0, 0.05) is 26.2 Å². The zero-order valence-corrected chi connectivity index (χ0v) is 11.8. The molecule has 0 heterocycles. The molecule has 106 valence electrons. The average molecular weight is 259 g/mol. The van der Waals surface area contributed by atoms with Crippen molar-refractivity contribution in [2.45, 2.75) is 32.7 Å². The molecular formula is C12H25N3O3. The molecule has 0 saturated heterocycles. The molecule has 0 aliphatic carbocycles. The highest BCUT2D eigenvalue weighted by Crippen LogP contribution is 2.07. The summed E-state index contributed by atoms with van der Waals surface area (Å²) in [7, 11) is 3.61. The predicted molar refractivity (Wildman–Crippen MR) is 70.7 cm³/mol. The highest BCUT2D eigenvalue weighted by molar-refractivity contribution is 5.75. The fraction of sp³-hybridized carbons (Fsp3) is 0.833. The largest absolute Gasteiger partial charge is 0.481 e. The van der Waals surface area contributed by atoms with Crippen LogP contribution in [0.2, 0.25) is 0 Å². The second kappa shape index (κ2) is 8.74. The summed E-state index contributed by atoms with van der Waals surface area (Å²) in [6.45, 7) is 5.66. The Morgan fingerprint density at radius 1 is 1.39 bits per heavy atom. The van der Waals surface area contributed by atoms with Gasteiger partial charge in [0.2, 0.25) is 0 Å². The third-order valence-electron chi connectivity index (χ3n) is 2.84. The van der Waals surface area contributed by atoms with E-state index in [1.807, 2.05) is 14.0 Å². The van der Waals surface area contributed by atoms with Crippen LogP contribution in [0.5, 0.6) is 0 Å². The fourth-order valence-electron chi connectivity index (χ4n) is 1.81. The zero-order chi connectivity index (χ0) is 14.1. The van der Waals surface area contributed by atoms with Gasteiger partial charge in [-0.3, -0.25) is 4.79 Å². The molecule has 0 aromatic rings. The molecule has 18 heavy (non-hydrogen) atoms. The Morgan fingerprint density at radius 3 is 2.44 bits per heavy atom. The summed E-state index contributed by atoms with van der Waals surface area (Å²) in [6.07, 6.45) is 0.855. The van der Waals surface area contributed by atoms with E-state index < -0.39 is 5.97 Å². The van der Waals surface area contributed by atoms with Gasteiger partial charge in [-0.05, 0) is 33.9 Å². The van der Waals surface area contributed by atoms with Crippen LogP contribution in [0.1, 0.15) is 26.7 Å². The third kappa shape index (κ3) is 5.86. The second-order valence-electron chi connectivity index (χ2n) is 4.39. The number of carbonyl (C=O) groups excluding carboxylic acids is 1. The number of carboxylic acid groups (broad SMARTS) is 1. The molecule has 0 aromatic carbocycles. The second-order valence-corrected chi connectivity index (χ2v) is 4.39. The topological polar surface area (TPSA) is 72.9 Å². The minimum atomic E-state index is -0.883. The summed E-state index contributed by atoms with van der Waals surface area (Å²) in [5, 5.41) is 11.8. The quantitative estimate of drug-likeness (QED) is 0.633. The Hall–Kier alpha value is -1.30. The summed E-state index contributed by atoms with van der Waals surface area (Å²) >= 11 is 0. The van der Waals surface area contributed by atoms with Gasteiger partial charge in [0.25, 0.3) is 0 Å². The van der Waals surface area contributed by atoms with E-state index in [-0.39, 0.29) is 18.5 Å². The lowest BCUT2D eigenvalue weighted by atomic mass is 10.2. The number of hydrogen-bond acceptors (Lipinski definition) is 3. The van der Waals surface area contributed by atoms with E-state index in [9.17, 15) is 9.59 Å². The summed E-state index contributed by atoms with van der Waals surface area (Å²) in [5.41, 5.74) is 0. The van der Waals surface area contributed by atoms with Gasteiger partial charge in [-0.2, -0.15) is 0 Å². The van der Waals surface area contributed by atoms with Gasteiger partial charge in [-0.25, -0.2) is 4.79 Å². The minimum absolute atomic E-state index is 0.0239. The Labute approximate surface area is 109 Å². The first-order valence-corrected chi connectivity index (χ1v) is 6.32. The minimum Gasteiger partial charge on any atom is -0.481 e. The maximum Gasteiger partial charge on any atom is 0.319 e. The third-order valence-corrected chi connectivity index (χ3v) is 2.84. The number of rotatable bonds is 8. The lowest BCUT2D eigenvalue weighted by molar-refractivity contribution is -0.138. The van der Waals surface area contributed by atoms with Gasteiger partial charge in [0.1, 0.15) is 0 Å². The van der Waals surface area contributed by atoms with Gasteiger partial charge in [-0.1, -0.05) is 0 Å². The molecule has 6 heteroatoms. The molecule has 0 aliphatic rings. The lowest BCUT2D eigenvalue weighted by Crippen LogP contribution is -2.46. The lowest BCUT2D eigenvalue weighted by Gasteiger charge is -2.31. The number of carbonyl (C=O) groups is 2. The van der Waals surface area contributed by atoms with Crippen molar-refractivity contribution in [2.75, 3.05) is 33.7 Å². The molecule has 0 spiro atoms. The summed E-state index contributed by atoms with van der Waals surface area (Å²) < 4.78 is 0. The van der Waals surface area contributed by atoms with Gasteiger partial charge >= 0.3 is 12.0 Å². The standard InChI is InChI=1S/C12H25N3O3/c1-5-15(10(2)9-11(16)17)12(18)14(4)8-6-7-13-3/h10,13H,5-9H2,1-4H3,(H,16,17). The van der Waals surface area contributed by atoms with Crippen molar-refractivity contribution in [3.63, 3.8) is 0 Å². The van der Waals surface area contributed by atoms with Crippen LogP contribution in [0.25, 0.3) is 0 Å². The van der Waals surface area contributed by atoms with Crippen LogP contribution in [0, 0.1) is 0 Å². The Morgan fingerprint density at radius 2 is 2.00 bits per heavy atom. The normalized spacial score (nSPS) is 12.0. The molecule has 6 nitrogen and oxygen atoms in total. The van der Waals surface area contributed by atoms with Crippen LogP contribution in [0.15, 0.2) is 0 Å². The van der Waals surface area contributed by atoms with E-state index >= 15 is 0 Å². The van der Waals surface area contributed by atoms with E-state index in [2.05, 4.69) is 5.32 Å². The van der Waals surface area contributed by atoms with Crippen LogP contribution in [-0.4, -0.2) is 66.7 Å². The number of amides is 2. The highest BCUT2D eigenvalue weighted by Gasteiger charge is 2.23. The van der Waals surface area contributed by atoms with E-state index in [4.69, 9.17) is 5.11 Å². The van der Waals surface area contributed by atoms with Crippen LogP contribution in [-0.2, 0) is 4.79 Å². The molecule has 2 amide bonds. The Balaban J connectivity index is 4.35. The van der Waals surface area contributed by atoms with E-state index in [1.165, 1.54) is 0 Å². The number of nitrogens with one attached hydrogen (secondary N) is 1. The molecule has 2 N–H and O–H groups in total. The van der Waals surface area contributed by atoms with Crippen LogP contribution in [0.4, 0.5) is 4.79 Å². The molecule has 1 atom stereocenters. The molecule has 0 rings (SSSR count). The van der Waals surface area contributed by atoms with Crippen molar-refractivity contribution >= 4 is 12.0 Å². The van der Waals surface area contributed by atoms with Crippen molar-refractivity contribution in [3.05, 3.63) is 0 Å². The van der Waals surface area contributed by atoms with Crippen molar-refractivity contribution in [2.24, 2.45) is 0 Å². The van der Waals surface area contributed by atoms with Gasteiger partial charge in [0.15, 0.2) is 0 Å². The van der Waals surface area contributed by atoms with E-state index in [0.29, 0.717) is 13.1 Å². The molecule has 0 bridgehead atoms. The molecule has 0 saturated carbocycles. The molecule has 0 fully saturated rings. The van der Waals surface area contributed by atoms with Gasteiger partial charge in [-0.15, -0.1) is 0 Å². The summed E-state index contributed by atoms with van der Waals surface area (Å²) in [6, 6.07) is -0.394. The molecule has 1 unspecified atom stereocenters. The number of aliphatic carboxylic acids is 1. The zero-order valence-electron chi connectivity index (χ0n) is 11.8. The van der Waals surface area contributed by atoms with Crippen LogP contribution < -0.4 is 5.32 Å². The monoisotopic (exact) mass is 259 g/mol. The first-order valence-electron chi connectivity index (χ1n) is 6.32. The molecular weight excluding hydrogens is 234 g/mol. The Kier molecular flexibility index (Phi) is 8.11. The van der Waals surface area contributed by atoms with Crippen LogP contribution >= 0.6 is 0 Å². The van der Waals surface area contributed by atoms with Crippen molar-refractivity contribution in [3.8, 4) is 0 Å². The SMILES string of the molecule is CCN(C(=O)N(C)CCCNC)C(C)CC(=O)O. The Bertz CT molecular complexity index is 271. The fourth-order valence-corrected chi connectivity index (χ4v) is 1.81. The van der Waals surface area contributed by atoms with Crippen molar-refractivity contribution in [1.82, 2.24) is 15.1 Å².